The van der Waals surface area contributed by atoms with E-state index in [1.807, 2.05) is 0 Å². The highest BCUT2D eigenvalue weighted by molar-refractivity contribution is 6.30. The molecule has 3 rings (SSSR count). The minimum absolute atomic E-state index is 0.186. The van der Waals surface area contributed by atoms with Crippen LogP contribution in [-0.4, -0.2) is 30.3 Å². The topological polar surface area (TPSA) is 92.8 Å². The van der Waals surface area contributed by atoms with Gasteiger partial charge in [-0.15, -0.1) is 0 Å². The normalized spacial score (nSPS) is 13.6. The van der Waals surface area contributed by atoms with Crippen LogP contribution in [0.5, 0.6) is 0 Å². The second-order valence-electron chi connectivity index (χ2n) is 5.80. The Morgan fingerprint density at radius 1 is 0.963 bits per heavy atom. The van der Waals surface area contributed by atoms with Gasteiger partial charge in [-0.2, -0.15) is 0 Å². The lowest BCUT2D eigenvalue weighted by Crippen LogP contribution is -2.28. The summed E-state index contributed by atoms with van der Waals surface area (Å²) in [5.74, 6) is -1.72. The molecule has 27 heavy (non-hydrogen) atoms. The number of esters is 1. The second kappa shape index (κ2) is 8.01. The van der Waals surface area contributed by atoms with E-state index in [2.05, 4.69) is 5.32 Å². The summed E-state index contributed by atoms with van der Waals surface area (Å²) in [4.78, 5) is 48.4. The van der Waals surface area contributed by atoms with Gasteiger partial charge < -0.3 is 10.1 Å². The molecule has 8 heteroatoms. The van der Waals surface area contributed by atoms with E-state index in [0.29, 0.717) is 16.4 Å². The molecule has 0 atom stereocenters. The zero-order valence-corrected chi connectivity index (χ0v) is 14.9. The van der Waals surface area contributed by atoms with Crippen molar-refractivity contribution in [2.75, 3.05) is 16.8 Å². The summed E-state index contributed by atoms with van der Waals surface area (Å²) in [5.41, 5.74) is 1.14. The summed E-state index contributed by atoms with van der Waals surface area (Å²) in [6.45, 7) is -0.452. The third-order valence-corrected chi connectivity index (χ3v) is 4.13. The predicted molar refractivity (Wildman–Crippen MR) is 98.5 cm³/mol. The summed E-state index contributed by atoms with van der Waals surface area (Å²) in [7, 11) is 0. The first-order valence-electron chi connectivity index (χ1n) is 8.12. The van der Waals surface area contributed by atoms with Gasteiger partial charge in [0, 0.05) is 23.6 Å². The maximum atomic E-state index is 12.0. The van der Waals surface area contributed by atoms with Crippen LogP contribution in [0.4, 0.5) is 11.4 Å². The summed E-state index contributed by atoms with van der Waals surface area (Å²) in [6.07, 6.45) is 0.372. The van der Waals surface area contributed by atoms with Crippen molar-refractivity contribution in [2.24, 2.45) is 0 Å². The Morgan fingerprint density at radius 2 is 1.56 bits per heavy atom. The van der Waals surface area contributed by atoms with Crippen LogP contribution in [0.2, 0.25) is 5.02 Å². The van der Waals surface area contributed by atoms with Gasteiger partial charge in [-0.05, 0) is 48.5 Å². The minimum atomic E-state index is -0.688. The second-order valence-corrected chi connectivity index (χ2v) is 6.24. The van der Waals surface area contributed by atoms with E-state index < -0.39 is 18.5 Å². The van der Waals surface area contributed by atoms with E-state index in [-0.39, 0.29) is 30.2 Å². The average Bonchev–Trinajstić information content (AvgIpc) is 3.00. The Bertz CT molecular complexity index is 877. The molecular weight excluding hydrogens is 372 g/mol. The molecule has 0 spiro atoms. The monoisotopic (exact) mass is 386 g/mol. The molecule has 1 aliphatic heterocycles. The highest BCUT2D eigenvalue weighted by atomic mass is 35.5. The lowest BCUT2D eigenvalue weighted by molar-refractivity contribution is -0.121. The van der Waals surface area contributed by atoms with Crippen LogP contribution in [-0.2, 0) is 19.1 Å². The summed E-state index contributed by atoms with van der Waals surface area (Å²) in [5, 5.41) is 3.12. The number of halogens is 1. The first kappa shape index (κ1) is 18.6. The molecule has 7 nitrogen and oxygen atoms in total. The quantitative estimate of drug-likeness (QED) is 0.630. The molecule has 138 valence electrons. The van der Waals surface area contributed by atoms with Crippen molar-refractivity contribution in [1.29, 1.82) is 0 Å². The van der Waals surface area contributed by atoms with E-state index in [1.54, 1.807) is 24.3 Å². The van der Waals surface area contributed by atoms with Gasteiger partial charge in [0.2, 0.25) is 11.8 Å². The molecular formula is C19H15ClN2O5. The number of carbonyl (C=O) groups is 4. The minimum Gasteiger partial charge on any atom is -0.452 e. The third kappa shape index (κ3) is 4.51. The lowest BCUT2D eigenvalue weighted by atomic mass is 10.2. The zero-order valence-electron chi connectivity index (χ0n) is 14.1. The predicted octanol–water partition coefficient (Wildman–Crippen LogP) is 2.79. The Kier molecular flexibility index (Phi) is 5.52. The maximum Gasteiger partial charge on any atom is 0.338 e. The van der Waals surface area contributed by atoms with Crippen LogP contribution in [0.3, 0.4) is 0 Å². The van der Waals surface area contributed by atoms with Crippen molar-refractivity contribution in [3.8, 4) is 0 Å². The molecule has 1 N–H and O–H groups in total. The van der Waals surface area contributed by atoms with Crippen molar-refractivity contribution >= 4 is 46.7 Å². The van der Waals surface area contributed by atoms with Crippen molar-refractivity contribution in [3.63, 3.8) is 0 Å². The molecule has 0 bridgehead atoms. The summed E-state index contributed by atoms with van der Waals surface area (Å²) >= 11 is 5.76. The van der Waals surface area contributed by atoms with E-state index in [9.17, 15) is 19.2 Å². The Balaban J connectivity index is 1.55. The van der Waals surface area contributed by atoms with E-state index >= 15 is 0 Å². The number of nitrogens with one attached hydrogen (secondary N) is 1. The van der Waals surface area contributed by atoms with Crippen LogP contribution in [0, 0.1) is 0 Å². The van der Waals surface area contributed by atoms with E-state index in [1.165, 1.54) is 24.3 Å². The number of amides is 3. The molecule has 0 unspecified atom stereocenters. The van der Waals surface area contributed by atoms with Gasteiger partial charge in [0.1, 0.15) is 0 Å². The van der Waals surface area contributed by atoms with Gasteiger partial charge in [0.15, 0.2) is 6.61 Å². The summed E-state index contributed by atoms with van der Waals surface area (Å²) in [6, 6.07) is 12.4. The Morgan fingerprint density at radius 3 is 2.15 bits per heavy atom. The highest BCUT2D eigenvalue weighted by Crippen LogP contribution is 2.23. The lowest BCUT2D eigenvalue weighted by Gasteiger charge is -2.14. The smallest absolute Gasteiger partial charge is 0.338 e. The maximum absolute atomic E-state index is 12.0. The van der Waals surface area contributed by atoms with Crippen LogP contribution in [0.1, 0.15) is 23.2 Å². The largest absolute Gasteiger partial charge is 0.452 e. The molecule has 1 aliphatic rings. The number of imide groups is 1. The summed E-state index contributed by atoms with van der Waals surface area (Å²) < 4.78 is 4.97. The number of ether oxygens (including phenoxy) is 1. The molecule has 0 aromatic heterocycles. The molecule has 3 amide bonds. The van der Waals surface area contributed by atoms with Gasteiger partial charge in [-0.1, -0.05) is 11.6 Å². The van der Waals surface area contributed by atoms with Crippen molar-refractivity contribution in [1.82, 2.24) is 0 Å². The zero-order chi connectivity index (χ0) is 19.4. The number of hydrogen-bond acceptors (Lipinski definition) is 5. The van der Waals surface area contributed by atoms with Gasteiger partial charge in [0.05, 0.1) is 11.3 Å². The molecule has 0 aliphatic carbocycles. The first-order chi connectivity index (χ1) is 12.9. The number of benzene rings is 2. The Hall–Kier alpha value is -3.19. The van der Waals surface area contributed by atoms with Gasteiger partial charge in [0.25, 0.3) is 5.91 Å². The van der Waals surface area contributed by atoms with Crippen LogP contribution in [0.25, 0.3) is 0 Å². The number of carbonyl (C=O) groups excluding carboxylic acids is 4. The highest BCUT2D eigenvalue weighted by Gasteiger charge is 2.30. The SMILES string of the molecule is O=C(COC(=O)c1ccc(N2C(=O)CCC2=O)cc1)Nc1ccc(Cl)cc1. The number of hydrogen-bond donors (Lipinski definition) is 1. The number of nitrogens with zero attached hydrogens (tertiary/aromatic N) is 1. The average molecular weight is 387 g/mol. The van der Waals surface area contributed by atoms with Gasteiger partial charge in [-0.25, -0.2) is 4.79 Å². The fraction of sp³-hybridized carbons (Fsp3) is 0.158. The van der Waals surface area contributed by atoms with Crippen molar-refractivity contribution < 1.29 is 23.9 Å². The molecule has 0 radical (unpaired) electrons. The van der Waals surface area contributed by atoms with Crippen LogP contribution in [0.15, 0.2) is 48.5 Å². The molecule has 2 aromatic rings. The molecule has 2 aromatic carbocycles. The fourth-order valence-electron chi connectivity index (χ4n) is 2.56. The first-order valence-corrected chi connectivity index (χ1v) is 8.50. The van der Waals surface area contributed by atoms with Crippen molar-refractivity contribution in [3.05, 3.63) is 59.1 Å². The molecule has 0 saturated carbocycles. The molecule has 1 fully saturated rings. The van der Waals surface area contributed by atoms with Crippen LogP contribution < -0.4 is 10.2 Å². The molecule has 1 saturated heterocycles. The van der Waals surface area contributed by atoms with Gasteiger partial charge in [-0.3, -0.25) is 19.3 Å². The number of anilines is 2. The standard InChI is InChI=1S/C19H15ClN2O5/c20-13-3-5-14(6-4-13)21-16(23)11-27-19(26)12-1-7-15(8-2-12)22-17(24)9-10-18(22)25/h1-8H,9-11H2,(H,21,23). The van der Waals surface area contributed by atoms with Crippen molar-refractivity contribution in [2.45, 2.75) is 12.8 Å². The fourth-order valence-corrected chi connectivity index (χ4v) is 2.68. The third-order valence-electron chi connectivity index (χ3n) is 3.88. The molecule has 1 heterocycles. The van der Waals surface area contributed by atoms with E-state index in [0.717, 1.165) is 4.90 Å². The number of rotatable bonds is 5. The van der Waals surface area contributed by atoms with E-state index in [4.69, 9.17) is 16.3 Å². The van der Waals surface area contributed by atoms with Crippen LogP contribution >= 0.6 is 11.6 Å². The van der Waals surface area contributed by atoms with Gasteiger partial charge >= 0.3 is 5.97 Å². The Labute approximate surface area is 159 Å².